The third-order valence-corrected chi connectivity index (χ3v) is 9.00. The van der Waals surface area contributed by atoms with E-state index in [1.54, 1.807) is 13.1 Å². The molecule has 0 aromatic carbocycles. The van der Waals surface area contributed by atoms with Gasteiger partial charge >= 0.3 is 6.18 Å². The molecule has 0 spiro atoms. The molecular weight excluding hydrogens is 495 g/mol. The summed E-state index contributed by atoms with van der Waals surface area (Å²) in [7, 11) is -2.60. The molecule has 0 saturated heterocycles. The van der Waals surface area contributed by atoms with E-state index in [1.165, 1.54) is 17.4 Å². The smallest absolute Gasteiger partial charge is 0.291 e. The minimum Gasteiger partial charge on any atom is -0.291 e. The summed E-state index contributed by atoms with van der Waals surface area (Å²) in [5.41, 5.74) is 0.0890. The molecule has 36 heavy (non-hydrogen) atoms. The van der Waals surface area contributed by atoms with Crippen molar-refractivity contribution >= 4 is 26.9 Å². The first kappa shape index (κ1) is 26.0. The molecule has 2 heterocycles. The molecule has 1 saturated carbocycles. The second-order valence-electron chi connectivity index (χ2n) is 8.87. The Hall–Kier alpha value is -3.12. The van der Waals surface area contributed by atoms with Crippen molar-refractivity contribution in [1.82, 2.24) is 19.5 Å². The third-order valence-electron chi connectivity index (χ3n) is 6.95. The Labute approximate surface area is 207 Å². The number of nitrogens with zero attached hydrogens (tertiary/aromatic N) is 4. The zero-order valence-corrected chi connectivity index (χ0v) is 20.7. The second kappa shape index (κ2) is 9.40. The molecule has 0 radical (unpaired) electrons. The maximum Gasteiger partial charge on any atom is 0.417 e. The third kappa shape index (κ3) is 4.32. The van der Waals surface area contributed by atoms with Gasteiger partial charge in [0.1, 0.15) is 5.69 Å². The van der Waals surface area contributed by atoms with Crippen molar-refractivity contribution in [2.75, 3.05) is 13.6 Å². The van der Waals surface area contributed by atoms with Crippen LogP contribution in [0.25, 0.3) is 6.08 Å². The van der Waals surface area contributed by atoms with E-state index in [0.29, 0.717) is 19.0 Å². The fourth-order valence-electron chi connectivity index (χ4n) is 5.24. The monoisotopic (exact) mass is 521 g/mol. The summed E-state index contributed by atoms with van der Waals surface area (Å²) in [5, 5.41) is 6.79. The van der Waals surface area contributed by atoms with Crippen LogP contribution >= 0.6 is 0 Å². The van der Waals surface area contributed by atoms with Crippen molar-refractivity contribution in [3.63, 3.8) is 0 Å². The van der Waals surface area contributed by atoms with Gasteiger partial charge < -0.3 is 0 Å². The molecule has 2 aliphatic rings. The van der Waals surface area contributed by atoms with Crippen LogP contribution in [0.1, 0.15) is 53.5 Å². The number of rotatable bonds is 6. The molecule has 0 aliphatic heterocycles. The van der Waals surface area contributed by atoms with Gasteiger partial charge in [-0.05, 0) is 55.5 Å². The van der Waals surface area contributed by atoms with Crippen molar-refractivity contribution in [1.29, 1.82) is 0 Å². The van der Waals surface area contributed by atoms with E-state index < -0.39 is 39.0 Å². The Bertz CT molecular complexity index is 1350. The number of aromatic amines is 1. The highest BCUT2D eigenvalue weighted by Gasteiger charge is 2.51. The summed E-state index contributed by atoms with van der Waals surface area (Å²) >= 11 is 0. The number of fused-ring (bicyclic) bond motifs is 2. The number of halogens is 3. The molecule has 0 unspecified atom stereocenters. The standard InChI is InChI=1S/C24H26F3N5O3S/c1-4-21(28-3)36(34,35)32(5-2)18-8-6-16-10-20-15(13-30-31-20)11-23(16,12-18)22(33)19-9-7-17(14-29-19)24(25,26)27/h4,7,9-10,13-14,18H,1,5-6,8,11-12H2,2-3H3,(H,30,31)/b28-21+/t18-,23-/m0/s1. The predicted octanol–water partition coefficient (Wildman–Crippen LogP) is 4.05. The summed E-state index contributed by atoms with van der Waals surface area (Å²) < 4.78 is 67.1. The van der Waals surface area contributed by atoms with Gasteiger partial charge in [-0.1, -0.05) is 19.1 Å². The van der Waals surface area contributed by atoms with Crippen LogP contribution in [0.5, 0.6) is 0 Å². The van der Waals surface area contributed by atoms with E-state index in [4.69, 9.17) is 0 Å². The highest BCUT2D eigenvalue weighted by Crippen LogP contribution is 2.50. The average molecular weight is 522 g/mol. The molecule has 0 bridgehead atoms. The molecular formula is C24H26F3N5O3S. The molecule has 0 amide bonds. The van der Waals surface area contributed by atoms with Gasteiger partial charge in [0, 0.05) is 25.8 Å². The van der Waals surface area contributed by atoms with Crippen molar-refractivity contribution < 1.29 is 26.4 Å². The number of carbonyl (C=O) groups excluding carboxylic acids is 1. The van der Waals surface area contributed by atoms with Crippen LogP contribution in [0.2, 0.25) is 0 Å². The summed E-state index contributed by atoms with van der Waals surface area (Å²) in [5.74, 6) is -0.444. The molecule has 2 atom stereocenters. The van der Waals surface area contributed by atoms with Crippen molar-refractivity contribution in [2.24, 2.45) is 10.4 Å². The molecule has 8 nitrogen and oxygen atoms in total. The van der Waals surface area contributed by atoms with Gasteiger partial charge in [-0.25, -0.2) is 8.42 Å². The number of aliphatic imine (C=N–C) groups is 1. The summed E-state index contributed by atoms with van der Waals surface area (Å²) in [6, 6.07) is 1.38. The summed E-state index contributed by atoms with van der Waals surface area (Å²) in [6.07, 6.45) is 1.97. The first-order valence-electron chi connectivity index (χ1n) is 11.4. The maximum atomic E-state index is 14.0. The number of aromatic nitrogens is 3. The molecule has 192 valence electrons. The van der Waals surface area contributed by atoms with Gasteiger partial charge in [-0.2, -0.15) is 22.6 Å². The number of hydrogen-bond acceptors (Lipinski definition) is 6. The lowest BCUT2D eigenvalue weighted by Crippen LogP contribution is -2.51. The highest BCUT2D eigenvalue weighted by atomic mass is 32.2. The van der Waals surface area contributed by atoms with Gasteiger partial charge in [-0.15, -0.1) is 0 Å². The minimum absolute atomic E-state index is 0.102. The van der Waals surface area contributed by atoms with Gasteiger partial charge in [0.25, 0.3) is 10.0 Å². The van der Waals surface area contributed by atoms with Crippen LogP contribution in [-0.2, 0) is 22.6 Å². The van der Waals surface area contributed by atoms with Gasteiger partial charge in [-0.3, -0.25) is 19.9 Å². The maximum absolute atomic E-state index is 14.0. The molecule has 2 aromatic rings. The van der Waals surface area contributed by atoms with Crippen molar-refractivity contribution in [3.8, 4) is 0 Å². The normalized spacial score (nSPS) is 22.6. The van der Waals surface area contributed by atoms with Crippen molar-refractivity contribution in [2.45, 2.75) is 44.8 Å². The number of nitrogens with one attached hydrogen (secondary N) is 1. The first-order chi connectivity index (χ1) is 17.0. The molecule has 1 fully saturated rings. The van der Waals surface area contributed by atoms with Crippen LogP contribution in [0.4, 0.5) is 13.2 Å². The van der Waals surface area contributed by atoms with Crippen LogP contribution in [0, 0.1) is 5.41 Å². The van der Waals surface area contributed by atoms with E-state index in [2.05, 4.69) is 26.8 Å². The van der Waals surface area contributed by atoms with Gasteiger partial charge in [0.15, 0.2) is 10.8 Å². The Morgan fingerprint density at radius 1 is 1.36 bits per heavy atom. The number of H-pyrrole nitrogens is 1. The number of hydrogen-bond donors (Lipinski definition) is 1. The van der Waals surface area contributed by atoms with E-state index in [1.807, 2.05) is 6.08 Å². The first-order valence-corrected chi connectivity index (χ1v) is 12.8. The lowest BCUT2D eigenvalue weighted by Gasteiger charge is -2.46. The quantitative estimate of drug-likeness (QED) is 0.351. The van der Waals surface area contributed by atoms with Crippen LogP contribution in [0.3, 0.4) is 0 Å². The van der Waals surface area contributed by atoms with E-state index in [0.717, 1.165) is 29.0 Å². The van der Waals surface area contributed by atoms with E-state index >= 15 is 0 Å². The fourth-order valence-corrected chi connectivity index (χ4v) is 6.84. The SMILES string of the molecule is C=C/C(=N\C)S(=O)(=O)N(CC)[C@H]1CCC2=Cc3[nH]ncc3C[C@]2(C(=O)c2ccc(C(F)(F)F)cn2)C1. The molecule has 1 N–H and O–H groups in total. The number of sulfonamides is 1. The zero-order chi connectivity index (χ0) is 26.3. The molecule has 2 aromatic heterocycles. The number of pyridine rings is 1. The molecule has 2 aliphatic carbocycles. The zero-order valence-electron chi connectivity index (χ0n) is 19.8. The Kier molecular flexibility index (Phi) is 6.78. The number of carbonyl (C=O) groups is 1. The topological polar surface area (TPSA) is 108 Å². The molecule has 4 rings (SSSR count). The van der Waals surface area contributed by atoms with E-state index in [9.17, 15) is 26.4 Å². The lowest BCUT2D eigenvalue weighted by molar-refractivity contribution is -0.137. The predicted molar refractivity (Wildman–Crippen MR) is 129 cm³/mol. The highest BCUT2D eigenvalue weighted by molar-refractivity contribution is 8.04. The second-order valence-corrected chi connectivity index (χ2v) is 10.7. The van der Waals surface area contributed by atoms with Crippen LogP contribution < -0.4 is 0 Å². The lowest BCUT2D eigenvalue weighted by atomic mass is 9.60. The summed E-state index contributed by atoms with van der Waals surface area (Å²) in [4.78, 5) is 21.7. The van der Waals surface area contributed by atoms with Crippen LogP contribution in [0.15, 0.2) is 47.7 Å². The minimum atomic E-state index is -4.58. The fraction of sp³-hybridized carbons (Fsp3) is 0.417. The Morgan fingerprint density at radius 3 is 2.69 bits per heavy atom. The van der Waals surface area contributed by atoms with Crippen LogP contribution in [-0.4, -0.2) is 58.4 Å². The van der Waals surface area contributed by atoms with E-state index in [-0.39, 0.29) is 30.1 Å². The Balaban J connectivity index is 1.78. The number of ketones is 1. The van der Waals surface area contributed by atoms with Crippen molar-refractivity contribution in [3.05, 3.63) is 65.3 Å². The Morgan fingerprint density at radius 2 is 2.11 bits per heavy atom. The summed E-state index contributed by atoms with van der Waals surface area (Å²) in [6.45, 7) is 5.41. The molecule has 12 heteroatoms. The number of Topliss-reactive ketones (excluding diaryl/α,β-unsaturated/α-hetero) is 1. The van der Waals surface area contributed by atoms with Gasteiger partial charge in [0.05, 0.1) is 22.9 Å². The average Bonchev–Trinajstić information content (AvgIpc) is 3.29. The van der Waals surface area contributed by atoms with Gasteiger partial charge in [0.2, 0.25) is 0 Å². The number of alkyl halides is 3. The largest absolute Gasteiger partial charge is 0.417 e. The number of allylic oxidation sites excluding steroid dienone is 1.